The van der Waals surface area contributed by atoms with Crippen molar-refractivity contribution in [2.75, 3.05) is 7.05 Å². The molecule has 0 fully saturated rings. The molecule has 0 saturated heterocycles. The first-order chi connectivity index (χ1) is 10.2. The number of imide groups is 1. The predicted octanol–water partition coefficient (Wildman–Crippen LogP) is 2.53. The molecule has 2 N–H and O–H groups in total. The Kier molecular flexibility index (Phi) is 6.77. The molecule has 0 heterocycles. The van der Waals surface area contributed by atoms with Crippen LogP contribution in [0.15, 0.2) is 18.2 Å². The average Bonchev–Trinajstić information content (AvgIpc) is 2.40. The summed E-state index contributed by atoms with van der Waals surface area (Å²) < 4.78 is 13.8. The molecule has 1 rings (SSSR count). The Balaban J connectivity index is 2.66. The summed E-state index contributed by atoms with van der Waals surface area (Å²) in [5, 5.41) is 5.12. The summed E-state index contributed by atoms with van der Waals surface area (Å²) in [5.41, 5.74) is 0.318. The van der Waals surface area contributed by atoms with Crippen LogP contribution in [-0.2, 0) is 11.3 Å². The molecule has 22 heavy (non-hydrogen) atoms. The smallest absolute Gasteiger partial charge is 0.321 e. The lowest BCUT2D eigenvalue weighted by atomic mass is 10.1. The Morgan fingerprint density at radius 3 is 2.50 bits per heavy atom. The molecule has 122 valence electrons. The number of likely N-dealkylation sites (N-methyl/N-ethyl adjacent to an activating group) is 1. The van der Waals surface area contributed by atoms with Gasteiger partial charge in [0.15, 0.2) is 0 Å². The van der Waals surface area contributed by atoms with E-state index in [1.165, 1.54) is 12.1 Å². The summed E-state index contributed by atoms with van der Waals surface area (Å²) in [6.45, 7) is 5.37. The zero-order valence-corrected chi connectivity index (χ0v) is 13.9. The SMILES string of the molecule is CC(C)NC(=O)NC(=O)C(C)N(C)Cc1c(F)cccc1Cl. The van der Waals surface area contributed by atoms with Crippen molar-refractivity contribution in [3.8, 4) is 0 Å². The van der Waals surface area contributed by atoms with Crippen molar-refractivity contribution in [1.82, 2.24) is 15.5 Å². The quantitative estimate of drug-likeness (QED) is 0.872. The van der Waals surface area contributed by atoms with Crippen LogP contribution in [0.3, 0.4) is 0 Å². The number of amides is 3. The Labute approximate surface area is 134 Å². The Hall–Kier alpha value is -1.66. The number of hydrogen-bond donors (Lipinski definition) is 2. The van der Waals surface area contributed by atoms with E-state index in [0.29, 0.717) is 10.6 Å². The average molecular weight is 330 g/mol. The summed E-state index contributed by atoms with van der Waals surface area (Å²) in [5.74, 6) is -0.891. The van der Waals surface area contributed by atoms with Gasteiger partial charge < -0.3 is 5.32 Å². The van der Waals surface area contributed by atoms with E-state index in [1.54, 1.807) is 38.8 Å². The van der Waals surface area contributed by atoms with E-state index in [2.05, 4.69) is 10.6 Å². The van der Waals surface area contributed by atoms with Crippen LogP contribution in [0.4, 0.5) is 9.18 Å². The Morgan fingerprint density at radius 2 is 1.95 bits per heavy atom. The summed E-state index contributed by atoms with van der Waals surface area (Å²) >= 11 is 5.97. The number of urea groups is 1. The first-order valence-electron chi connectivity index (χ1n) is 6.96. The minimum Gasteiger partial charge on any atom is -0.336 e. The van der Waals surface area contributed by atoms with Crippen molar-refractivity contribution in [3.63, 3.8) is 0 Å². The first-order valence-corrected chi connectivity index (χ1v) is 7.34. The van der Waals surface area contributed by atoms with Gasteiger partial charge in [-0.05, 0) is 40.0 Å². The van der Waals surface area contributed by atoms with Gasteiger partial charge in [-0.3, -0.25) is 15.0 Å². The van der Waals surface area contributed by atoms with Gasteiger partial charge in [0.2, 0.25) is 5.91 Å². The van der Waals surface area contributed by atoms with E-state index >= 15 is 0 Å². The second-order valence-corrected chi connectivity index (χ2v) is 5.82. The monoisotopic (exact) mass is 329 g/mol. The minimum atomic E-state index is -0.617. The maximum Gasteiger partial charge on any atom is 0.321 e. The highest BCUT2D eigenvalue weighted by molar-refractivity contribution is 6.31. The normalized spacial score (nSPS) is 12.4. The van der Waals surface area contributed by atoms with E-state index in [0.717, 1.165) is 0 Å². The van der Waals surface area contributed by atoms with Gasteiger partial charge in [-0.2, -0.15) is 0 Å². The van der Waals surface area contributed by atoms with Crippen LogP contribution in [0, 0.1) is 5.82 Å². The lowest BCUT2D eigenvalue weighted by molar-refractivity contribution is -0.124. The van der Waals surface area contributed by atoms with Crippen LogP contribution in [0.1, 0.15) is 26.3 Å². The predicted molar refractivity (Wildman–Crippen MR) is 84.1 cm³/mol. The molecule has 1 aromatic carbocycles. The van der Waals surface area contributed by atoms with Crippen molar-refractivity contribution in [1.29, 1.82) is 0 Å². The van der Waals surface area contributed by atoms with Gasteiger partial charge in [0.25, 0.3) is 0 Å². The Morgan fingerprint density at radius 1 is 1.32 bits per heavy atom. The zero-order valence-electron chi connectivity index (χ0n) is 13.1. The van der Waals surface area contributed by atoms with Gasteiger partial charge in [-0.1, -0.05) is 17.7 Å². The fourth-order valence-electron chi connectivity index (χ4n) is 1.78. The molecule has 0 aliphatic rings. The third-order valence-corrected chi connectivity index (χ3v) is 3.52. The molecule has 1 unspecified atom stereocenters. The molecule has 0 aliphatic carbocycles. The fourth-order valence-corrected chi connectivity index (χ4v) is 2.01. The number of nitrogens with one attached hydrogen (secondary N) is 2. The van der Waals surface area contributed by atoms with Gasteiger partial charge in [0.05, 0.1) is 6.04 Å². The highest BCUT2D eigenvalue weighted by Gasteiger charge is 2.22. The fraction of sp³-hybridized carbons (Fsp3) is 0.467. The molecule has 0 saturated carbocycles. The molecule has 0 aliphatic heterocycles. The third kappa shape index (κ3) is 5.27. The first kappa shape index (κ1) is 18.4. The summed E-state index contributed by atoms with van der Waals surface area (Å²) in [7, 11) is 1.66. The van der Waals surface area contributed by atoms with Crippen molar-refractivity contribution in [2.24, 2.45) is 0 Å². The number of nitrogens with zero attached hydrogens (tertiary/aromatic N) is 1. The summed E-state index contributed by atoms with van der Waals surface area (Å²) in [6.07, 6.45) is 0. The van der Waals surface area contributed by atoms with Crippen LogP contribution in [0.25, 0.3) is 0 Å². The second kappa shape index (κ2) is 8.10. The van der Waals surface area contributed by atoms with Gasteiger partial charge in [0, 0.05) is 23.2 Å². The number of hydrogen-bond acceptors (Lipinski definition) is 3. The number of carbonyl (C=O) groups excluding carboxylic acids is 2. The molecule has 0 radical (unpaired) electrons. The lowest BCUT2D eigenvalue weighted by Crippen LogP contribution is -2.49. The van der Waals surface area contributed by atoms with Crippen molar-refractivity contribution >= 4 is 23.5 Å². The van der Waals surface area contributed by atoms with Crippen LogP contribution in [-0.4, -0.2) is 36.0 Å². The topological polar surface area (TPSA) is 61.4 Å². The maximum absolute atomic E-state index is 13.8. The number of rotatable bonds is 5. The molecule has 0 aromatic heterocycles. The lowest BCUT2D eigenvalue weighted by Gasteiger charge is -2.24. The molecule has 3 amide bonds. The van der Waals surface area contributed by atoms with Crippen molar-refractivity contribution < 1.29 is 14.0 Å². The molecular formula is C15H21ClFN3O2. The third-order valence-electron chi connectivity index (χ3n) is 3.17. The van der Waals surface area contributed by atoms with Gasteiger partial charge in [-0.15, -0.1) is 0 Å². The van der Waals surface area contributed by atoms with Gasteiger partial charge in [0.1, 0.15) is 5.82 Å². The van der Waals surface area contributed by atoms with Crippen molar-refractivity contribution in [2.45, 2.75) is 39.4 Å². The van der Waals surface area contributed by atoms with E-state index in [1.807, 2.05) is 0 Å². The van der Waals surface area contributed by atoms with Crippen LogP contribution in [0.2, 0.25) is 5.02 Å². The molecule has 5 nitrogen and oxygen atoms in total. The molecule has 7 heteroatoms. The molecule has 0 spiro atoms. The van der Waals surface area contributed by atoms with Crippen LogP contribution < -0.4 is 10.6 Å². The summed E-state index contributed by atoms with van der Waals surface area (Å²) in [6, 6.07) is 3.19. The van der Waals surface area contributed by atoms with Crippen LogP contribution in [0.5, 0.6) is 0 Å². The van der Waals surface area contributed by atoms with Crippen LogP contribution >= 0.6 is 11.6 Å². The molecular weight excluding hydrogens is 309 g/mol. The minimum absolute atomic E-state index is 0.0712. The number of halogens is 2. The highest BCUT2D eigenvalue weighted by atomic mass is 35.5. The molecule has 0 bridgehead atoms. The Bertz CT molecular complexity index is 531. The molecule has 1 aromatic rings. The standard InChI is InChI=1S/C15H21ClFN3O2/c1-9(2)18-15(22)19-14(21)10(3)20(4)8-11-12(16)6-5-7-13(11)17/h5-7,9-10H,8H2,1-4H3,(H2,18,19,21,22). The number of carbonyl (C=O) groups is 2. The van der Waals surface area contributed by atoms with E-state index in [4.69, 9.17) is 11.6 Å². The second-order valence-electron chi connectivity index (χ2n) is 5.41. The summed E-state index contributed by atoms with van der Waals surface area (Å²) in [4.78, 5) is 25.1. The zero-order chi connectivity index (χ0) is 16.9. The molecule has 1 atom stereocenters. The number of benzene rings is 1. The van der Waals surface area contributed by atoms with Gasteiger partial charge >= 0.3 is 6.03 Å². The van der Waals surface area contributed by atoms with Gasteiger partial charge in [-0.25, -0.2) is 9.18 Å². The van der Waals surface area contributed by atoms with E-state index in [9.17, 15) is 14.0 Å². The highest BCUT2D eigenvalue weighted by Crippen LogP contribution is 2.21. The van der Waals surface area contributed by atoms with E-state index in [-0.39, 0.29) is 12.6 Å². The largest absolute Gasteiger partial charge is 0.336 e. The van der Waals surface area contributed by atoms with Crippen molar-refractivity contribution in [3.05, 3.63) is 34.6 Å². The maximum atomic E-state index is 13.8. The van der Waals surface area contributed by atoms with E-state index < -0.39 is 23.8 Å².